The maximum absolute atomic E-state index is 14.1. The van der Waals surface area contributed by atoms with Gasteiger partial charge in [-0.2, -0.15) is 0 Å². The molecule has 6 rings (SSSR count). The van der Waals surface area contributed by atoms with Gasteiger partial charge in [0.15, 0.2) is 0 Å². The molecule has 0 unspecified atom stereocenters. The molecule has 200 valence electrons. The number of carbonyl (C=O) groups excluding carboxylic acids is 3. The minimum atomic E-state index is -1.27. The van der Waals surface area contributed by atoms with Crippen molar-refractivity contribution >= 4 is 46.6 Å². The van der Waals surface area contributed by atoms with Crippen molar-refractivity contribution in [2.75, 3.05) is 5.32 Å². The number of nitrogens with one attached hydrogen (secondary N) is 2. The first kappa shape index (κ1) is 25.5. The fraction of sp³-hybridized carbons (Fsp3) is 0.464. The van der Waals surface area contributed by atoms with Crippen molar-refractivity contribution in [2.45, 2.75) is 68.9 Å². The van der Waals surface area contributed by atoms with Crippen molar-refractivity contribution in [3.8, 4) is 0 Å². The molecule has 1 aromatic carbocycles. The van der Waals surface area contributed by atoms with Crippen LogP contribution in [0, 0.1) is 11.8 Å². The number of carbonyl (C=O) groups is 3. The van der Waals surface area contributed by atoms with Gasteiger partial charge in [-0.3, -0.25) is 14.4 Å². The zero-order valence-electron chi connectivity index (χ0n) is 20.9. The molecule has 1 spiro atoms. The molecule has 3 aliphatic heterocycles. The first-order valence-corrected chi connectivity index (χ1v) is 13.8. The first-order valence-electron chi connectivity index (χ1n) is 13.0. The molecule has 4 aliphatic rings. The van der Waals surface area contributed by atoms with Gasteiger partial charge in [0.2, 0.25) is 17.7 Å². The standard InChI is InChI=1S/C28H29Cl2N3O5/c1-27-11-12-28(38-27)22(21(27)24(34)32-17-9-10-19(29)20(30)14-17)26(36)33(15-18-8-5-13-37-18)23(28)25(35)31-16-6-3-2-4-7-16/h5,8-14,16,21-23H,2-4,6-7,15H2,1H3,(H,31,35)(H,32,34)/t21-,22+,23-,27+,28-/m0/s1. The number of hydrogen-bond donors (Lipinski definition) is 2. The molecule has 3 fully saturated rings. The van der Waals surface area contributed by atoms with Crippen molar-refractivity contribution in [3.05, 3.63) is 64.6 Å². The number of amides is 3. The lowest BCUT2D eigenvalue weighted by atomic mass is 9.70. The number of nitrogens with zero attached hydrogens (tertiary/aromatic N) is 1. The Hall–Kier alpha value is -2.81. The highest BCUT2D eigenvalue weighted by Gasteiger charge is 2.76. The lowest BCUT2D eigenvalue weighted by molar-refractivity contribution is -0.145. The highest BCUT2D eigenvalue weighted by molar-refractivity contribution is 6.42. The fourth-order valence-corrected chi connectivity index (χ4v) is 6.99. The van der Waals surface area contributed by atoms with Crippen molar-refractivity contribution in [3.63, 3.8) is 0 Å². The zero-order chi connectivity index (χ0) is 26.7. The van der Waals surface area contributed by atoms with Gasteiger partial charge >= 0.3 is 0 Å². The van der Waals surface area contributed by atoms with E-state index in [1.54, 1.807) is 37.3 Å². The second kappa shape index (κ2) is 9.43. The third-order valence-corrected chi connectivity index (χ3v) is 9.11. The Labute approximate surface area is 230 Å². The smallest absolute Gasteiger partial charge is 0.246 e. The molecule has 0 radical (unpaired) electrons. The van der Waals surface area contributed by atoms with Crippen LogP contribution >= 0.6 is 23.2 Å². The minimum absolute atomic E-state index is 0.0548. The third-order valence-electron chi connectivity index (χ3n) is 8.37. The average molecular weight is 558 g/mol. The van der Waals surface area contributed by atoms with E-state index >= 15 is 0 Å². The topological polar surface area (TPSA) is 101 Å². The molecular formula is C28H29Cl2N3O5. The largest absolute Gasteiger partial charge is 0.467 e. The molecule has 10 heteroatoms. The van der Waals surface area contributed by atoms with Gasteiger partial charge in [-0.25, -0.2) is 0 Å². The second-order valence-electron chi connectivity index (χ2n) is 10.8. The van der Waals surface area contributed by atoms with Crippen molar-refractivity contribution in [1.29, 1.82) is 0 Å². The van der Waals surface area contributed by atoms with E-state index in [4.69, 9.17) is 32.4 Å². The summed E-state index contributed by atoms with van der Waals surface area (Å²) >= 11 is 12.2. The highest BCUT2D eigenvalue weighted by Crippen LogP contribution is 2.60. The van der Waals surface area contributed by atoms with Crippen LogP contribution in [0.2, 0.25) is 10.0 Å². The third kappa shape index (κ3) is 4.05. The van der Waals surface area contributed by atoms with Gasteiger partial charge in [-0.05, 0) is 50.1 Å². The SMILES string of the molecule is C[C@]12C=C[C@@]3(O1)[C@H](C(=O)NC1CCCCC1)N(Cc1ccco1)C(=O)[C@H]3[C@H]2C(=O)Nc1ccc(Cl)c(Cl)c1. The molecule has 1 aromatic heterocycles. The molecule has 1 saturated carbocycles. The molecule has 3 amide bonds. The normalized spacial score (nSPS) is 32.0. The number of likely N-dealkylation sites (tertiary alicyclic amines) is 1. The van der Waals surface area contributed by atoms with Crippen molar-refractivity contribution < 1.29 is 23.5 Å². The summed E-state index contributed by atoms with van der Waals surface area (Å²) in [6.45, 7) is 1.89. The van der Waals surface area contributed by atoms with Crippen LogP contribution in [-0.4, -0.2) is 45.9 Å². The molecule has 5 atom stereocenters. The van der Waals surface area contributed by atoms with E-state index in [1.165, 1.54) is 11.2 Å². The number of benzene rings is 1. The van der Waals surface area contributed by atoms with Crippen LogP contribution in [0.5, 0.6) is 0 Å². The van der Waals surface area contributed by atoms with Gasteiger partial charge in [0, 0.05) is 11.7 Å². The molecule has 38 heavy (non-hydrogen) atoms. The average Bonchev–Trinajstić information content (AvgIpc) is 3.62. The molecule has 8 nitrogen and oxygen atoms in total. The molecule has 2 bridgehead atoms. The summed E-state index contributed by atoms with van der Waals surface area (Å²) in [4.78, 5) is 43.2. The summed E-state index contributed by atoms with van der Waals surface area (Å²) in [6.07, 6.45) is 10.2. The number of fused-ring (bicyclic) bond motifs is 1. The molecule has 2 N–H and O–H groups in total. The first-order chi connectivity index (χ1) is 18.2. The van der Waals surface area contributed by atoms with Crippen LogP contribution < -0.4 is 10.6 Å². The van der Waals surface area contributed by atoms with E-state index in [0.29, 0.717) is 21.5 Å². The van der Waals surface area contributed by atoms with Gasteiger partial charge < -0.3 is 24.7 Å². The molecule has 4 heterocycles. The van der Waals surface area contributed by atoms with E-state index in [9.17, 15) is 14.4 Å². The van der Waals surface area contributed by atoms with Gasteiger partial charge in [0.1, 0.15) is 17.4 Å². The summed E-state index contributed by atoms with van der Waals surface area (Å²) in [5, 5.41) is 6.73. The highest BCUT2D eigenvalue weighted by atomic mass is 35.5. The fourth-order valence-electron chi connectivity index (χ4n) is 6.69. The number of hydrogen-bond acceptors (Lipinski definition) is 5. The van der Waals surface area contributed by atoms with Crippen LogP contribution in [0.15, 0.2) is 53.2 Å². The monoisotopic (exact) mass is 557 g/mol. The Kier molecular flexibility index (Phi) is 6.32. The van der Waals surface area contributed by atoms with Crippen LogP contribution in [0.3, 0.4) is 0 Å². The van der Waals surface area contributed by atoms with E-state index in [1.807, 2.05) is 12.2 Å². The number of furan rings is 1. The number of anilines is 1. The molecule has 2 saturated heterocycles. The summed E-state index contributed by atoms with van der Waals surface area (Å²) < 4.78 is 12.1. The maximum atomic E-state index is 14.1. The molecule has 1 aliphatic carbocycles. The second-order valence-corrected chi connectivity index (χ2v) is 11.7. The van der Waals surface area contributed by atoms with E-state index in [-0.39, 0.29) is 30.3 Å². The van der Waals surface area contributed by atoms with Crippen molar-refractivity contribution in [2.24, 2.45) is 11.8 Å². The summed E-state index contributed by atoms with van der Waals surface area (Å²) in [6, 6.07) is 7.42. The molecule has 2 aromatic rings. The van der Waals surface area contributed by atoms with Crippen LogP contribution in [0.25, 0.3) is 0 Å². The van der Waals surface area contributed by atoms with Gasteiger partial charge in [0.05, 0.1) is 40.3 Å². The summed E-state index contributed by atoms with van der Waals surface area (Å²) in [5.41, 5.74) is -1.87. The Balaban J connectivity index is 1.34. The van der Waals surface area contributed by atoms with E-state index in [2.05, 4.69) is 10.6 Å². The molecular weight excluding hydrogens is 529 g/mol. The number of ether oxygens (including phenoxy) is 1. The Morgan fingerprint density at radius 3 is 2.58 bits per heavy atom. The van der Waals surface area contributed by atoms with Gasteiger partial charge in [0.25, 0.3) is 0 Å². The van der Waals surface area contributed by atoms with E-state index < -0.39 is 29.1 Å². The Morgan fingerprint density at radius 2 is 1.87 bits per heavy atom. The van der Waals surface area contributed by atoms with Crippen LogP contribution in [0.4, 0.5) is 5.69 Å². The quantitative estimate of drug-likeness (QED) is 0.500. The lowest BCUT2D eigenvalue weighted by Gasteiger charge is -2.34. The van der Waals surface area contributed by atoms with E-state index in [0.717, 1.165) is 32.1 Å². The lowest BCUT2D eigenvalue weighted by Crippen LogP contribution is -2.56. The Morgan fingerprint density at radius 1 is 1.08 bits per heavy atom. The van der Waals surface area contributed by atoms with Crippen LogP contribution in [0.1, 0.15) is 44.8 Å². The zero-order valence-corrected chi connectivity index (χ0v) is 22.4. The number of halogens is 2. The predicted molar refractivity (Wildman–Crippen MR) is 141 cm³/mol. The van der Waals surface area contributed by atoms with Gasteiger partial charge in [-0.15, -0.1) is 0 Å². The van der Waals surface area contributed by atoms with Crippen molar-refractivity contribution in [1.82, 2.24) is 10.2 Å². The Bertz CT molecular complexity index is 1310. The minimum Gasteiger partial charge on any atom is -0.467 e. The summed E-state index contributed by atoms with van der Waals surface area (Å²) in [5.74, 6) is -2.15. The maximum Gasteiger partial charge on any atom is 0.246 e. The summed E-state index contributed by atoms with van der Waals surface area (Å²) in [7, 11) is 0. The van der Waals surface area contributed by atoms with Crippen LogP contribution in [-0.2, 0) is 25.7 Å². The number of rotatable bonds is 6. The van der Waals surface area contributed by atoms with Gasteiger partial charge in [-0.1, -0.05) is 54.6 Å². The predicted octanol–water partition coefficient (Wildman–Crippen LogP) is 4.71.